The maximum absolute atomic E-state index is 3.97. The van der Waals surface area contributed by atoms with Gasteiger partial charge in [0.1, 0.15) is 0 Å². The van der Waals surface area contributed by atoms with Gasteiger partial charge in [0.05, 0.1) is 0 Å². The van der Waals surface area contributed by atoms with Gasteiger partial charge in [-0.2, -0.15) is 0 Å². The van der Waals surface area contributed by atoms with Crippen LogP contribution in [0, 0.1) is 0 Å². The number of nitrogens with one attached hydrogen (secondary N) is 1. The van der Waals surface area contributed by atoms with Gasteiger partial charge >= 0.3 is 0 Å². The van der Waals surface area contributed by atoms with Crippen LogP contribution in [0.25, 0.3) is 0 Å². The molecule has 0 aromatic carbocycles. The van der Waals surface area contributed by atoms with Gasteiger partial charge in [0.25, 0.3) is 0 Å². The quantitative estimate of drug-likeness (QED) is 0.836. The van der Waals surface area contributed by atoms with Gasteiger partial charge < -0.3 is 5.32 Å². The average molecular weight is 287 g/mol. The van der Waals surface area contributed by atoms with Crippen molar-refractivity contribution in [1.29, 1.82) is 0 Å². The molecular weight excluding hydrogens is 264 g/mol. The molecule has 2 atom stereocenters. The Balaban J connectivity index is 1.88. The van der Waals surface area contributed by atoms with Gasteiger partial charge in [0.15, 0.2) is 0 Å². The summed E-state index contributed by atoms with van der Waals surface area (Å²) < 4.78 is 1.13. The molecule has 2 rings (SSSR count). The second kappa shape index (κ2) is 5.65. The Labute approximate surface area is 108 Å². The first-order valence-electron chi connectivity index (χ1n) is 6.53. The summed E-state index contributed by atoms with van der Waals surface area (Å²) in [6.45, 7) is 8.43. The van der Waals surface area contributed by atoms with Gasteiger partial charge in [-0.25, -0.2) is 0 Å². The number of halogens is 1. The summed E-state index contributed by atoms with van der Waals surface area (Å²) in [6, 6.07) is 2.35. The van der Waals surface area contributed by atoms with E-state index in [1.54, 1.807) is 0 Å². The van der Waals surface area contributed by atoms with Crippen LogP contribution in [0.4, 0.5) is 0 Å². The molecule has 0 aromatic rings. The topological polar surface area (TPSA) is 15.3 Å². The molecule has 0 radical (unpaired) electrons. The monoisotopic (exact) mass is 286 g/mol. The molecule has 0 spiro atoms. The predicted octanol–water partition coefficient (Wildman–Crippen LogP) is 2.89. The number of nitrogens with zero attached hydrogens (tertiary/aromatic N) is 1. The average Bonchev–Trinajstić information content (AvgIpc) is 2.50. The Bertz CT molecular complexity index is 240. The third-order valence-corrected chi connectivity index (χ3v) is 4.17. The SMILES string of the molecule is C=C(Br)CN1C2CCC1CC(NCCC)C2. The van der Waals surface area contributed by atoms with E-state index in [9.17, 15) is 0 Å². The minimum Gasteiger partial charge on any atom is -0.314 e. The predicted molar refractivity (Wildman–Crippen MR) is 72.9 cm³/mol. The van der Waals surface area contributed by atoms with Crippen LogP contribution in [0.5, 0.6) is 0 Å². The normalized spacial score (nSPS) is 34.2. The first kappa shape index (κ1) is 12.6. The second-order valence-electron chi connectivity index (χ2n) is 5.20. The van der Waals surface area contributed by atoms with Crippen molar-refractivity contribution in [2.45, 2.75) is 57.2 Å². The summed E-state index contributed by atoms with van der Waals surface area (Å²) >= 11 is 3.50. The molecule has 2 aliphatic heterocycles. The fourth-order valence-corrected chi connectivity index (χ4v) is 3.54. The molecule has 2 unspecified atom stereocenters. The van der Waals surface area contributed by atoms with Crippen LogP contribution in [0.15, 0.2) is 11.1 Å². The number of hydrogen-bond donors (Lipinski definition) is 1. The van der Waals surface area contributed by atoms with Crippen molar-refractivity contribution in [3.63, 3.8) is 0 Å². The lowest BCUT2D eigenvalue weighted by Gasteiger charge is -2.39. The molecule has 2 heterocycles. The highest BCUT2D eigenvalue weighted by Crippen LogP contribution is 2.36. The van der Waals surface area contributed by atoms with Gasteiger partial charge in [-0.05, 0) is 38.6 Å². The minimum absolute atomic E-state index is 0.761. The Morgan fingerprint density at radius 3 is 2.50 bits per heavy atom. The molecule has 2 nitrogen and oxygen atoms in total. The molecule has 0 aromatic heterocycles. The number of hydrogen-bond acceptors (Lipinski definition) is 2. The van der Waals surface area contributed by atoms with Crippen LogP contribution in [-0.4, -0.2) is 36.1 Å². The largest absolute Gasteiger partial charge is 0.314 e. The number of rotatable bonds is 5. The van der Waals surface area contributed by atoms with Gasteiger partial charge in [0, 0.05) is 29.2 Å². The Morgan fingerprint density at radius 1 is 1.38 bits per heavy atom. The second-order valence-corrected chi connectivity index (χ2v) is 6.32. The van der Waals surface area contributed by atoms with Crippen LogP contribution in [0.3, 0.4) is 0 Å². The molecule has 1 N–H and O–H groups in total. The van der Waals surface area contributed by atoms with Gasteiger partial charge in [-0.1, -0.05) is 29.4 Å². The first-order chi connectivity index (χ1) is 7.70. The van der Waals surface area contributed by atoms with Crippen LogP contribution >= 0.6 is 15.9 Å². The molecule has 0 aliphatic carbocycles. The standard InChI is InChI=1S/C13H23BrN2/c1-3-6-15-11-7-12-4-5-13(8-11)16(12)9-10(2)14/h11-13,15H,2-9H2,1H3. The molecule has 3 heteroatoms. The summed E-state index contributed by atoms with van der Waals surface area (Å²) in [5.41, 5.74) is 0. The van der Waals surface area contributed by atoms with E-state index in [-0.39, 0.29) is 0 Å². The number of fused-ring (bicyclic) bond motifs is 2. The summed E-state index contributed by atoms with van der Waals surface area (Å²) in [5.74, 6) is 0. The van der Waals surface area contributed by atoms with E-state index in [4.69, 9.17) is 0 Å². The van der Waals surface area contributed by atoms with Crippen molar-refractivity contribution in [3.8, 4) is 0 Å². The highest BCUT2D eigenvalue weighted by Gasteiger charge is 2.40. The zero-order chi connectivity index (χ0) is 11.5. The summed E-state index contributed by atoms with van der Waals surface area (Å²) in [5, 5.41) is 3.69. The van der Waals surface area contributed by atoms with E-state index in [0.717, 1.165) is 29.2 Å². The van der Waals surface area contributed by atoms with E-state index in [0.29, 0.717) is 0 Å². The number of piperidine rings is 1. The molecule has 16 heavy (non-hydrogen) atoms. The Kier molecular flexibility index (Phi) is 4.45. The van der Waals surface area contributed by atoms with E-state index in [2.05, 4.69) is 39.6 Å². The van der Waals surface area contributed by atoms with E-state index in [1.807, 2.05) is 0 Å². The van der Waals surface area contributed by atoms with Gasteiger partial charge in [0.2, 0.25) is 0 Å². The van der Waals surface area contributed by atoms with E-state index >= 15 is 0 Å². The van der Waals surface area contributed by atoms with Crippen molar-refractivity contribution in [2.24, 2.45) is 0 Å². The summed E-state index contributed by atoms with van der Waals surface area (Å²) in [4.78, 5) is 2.65. The lowest BCUT2D eigenvalue weighted by Crippen LogP contribution is -2.49. The van der Waals surface area contributed by atoms with Crippen LogP contribution in [0.1, 0.15) is 39.0 Å². The van der Waals surface area contributed by atoms with Crippen molar-refractivity contribution >= 4 is 15.9 Å². The van der Waals surface area contributed by atoms with Gasteiger partial charge in [-0.15, -0.1) is 0 Å². The maximum Gasteiger partial charge on any atom is 0.0299 e. The molecule has 2 aliphatic rings. The minimum atomic E-state index is 0.761. The van der Waals surface area contributed by atoms with Crippen molar-refractivity contribution < 1.29 is 0 Å². The molecule has 2 bridgehead atoms. The Hall–Kier alpha value is 0.140. The van der Waals surface area contributed by atoms with Gasteiger partial charge in [-0.3, -0.25) is 4.90 Å². The third kappa shape index (κ3) is 2.88. The fraction of sp³-hybridized carbons (Fsp3) is 0.846. The molecule has 92 valence electrons. The zero-order valence-corrected chi connectivity index (χ0v) is 11.8. The van der Waals surface area contributed by atoms with Crippen LogP contribution < -0.4 is 5.32 Å². The van der Waals surface area contributed by atoms with Crippen LogP contribution in [0.2, 0.25) is 0 Å². The highest BCUT2D eigenvalue weighted by atomic mass is 79.9. The maximum atomic E-state index is 3.97. The third-order valence-electron chi connectivity index (χ3n) is 3.92. The van der Waals surface area contributed by atoms with E-state index in [1.165, 1.54) is 38.6 Å². The highest BCUT2D eigenvalue weighted by molar-refractivity contribution is 9.11. The van der Waals surface area contributed by atoms with Crippen molar-refractivity contribution in [3.05, 3.63) is 11.1 Å². The smallest absolute Gasteiger partial charge is 0.0299 e. The van der Waals surface area contributed by atoms with E-state index < -0.39 is 0 Å². The lowest BCUT2D eigenvalue weighted by molar-refractivity contribution is 0.131. The summed E-state index contributed by atoms with van der Waals surface area (Å²) in [7, 11) is 0. The molecular formula is C13H23BrN2. The Morgan fingerprint density at radius 2 is 2.00 bits per heavy atom. The van der Waals surface area contributed by atoms with Crippen LogP contribution in [-0.2, 0) is 0 Å². The molecule has 0 amide bonds. The van der Waals surface area contributed by atoms with Crippen molar-refractivity contribution in [2.75, 3.05) is 13.1 Å². The summed E-state index contributed by atoms with van der Waals surface area (Å²) in [6.07, 6.45) is 6.67. The van der Waals surface area contributed by atoms with Crippen molar-refractivity contribution in [1.82, 2.24) is 10.2 Å². The molecule has 2 saturated heterocycles. The lowest BCUT2D eigenvalue weighted by atomic mass is 9.97. The fourth-order valence-electron chi connectivity index (χ4n) is 3.25. The first-order valence-corrected chi connectivity index (χ1v) is 7.32. The molecule has 0 saturated carbocycles. The zero-order valence-electron chi connectivity index (χ0n) is 10.2. The molecule has 2 fully saturated rings.